The Kier molecular flexibility index (Phi) is 5.46. The van der Waals surface area contributed by atoms with Crippen molar-refractivity contribution in [3.8, 4) is 0 Å². The minimum Gasteiger partial charge on any atom is -0.375 e. The van der Waals surface area contributed by atoms with E-state index >= 15 is 0 Å². The summed E-state index contributed by atoms with van der Waals surface area (Å²) in [4.78, 5) is 0. The first-order chi connectivity index (χ1) is 9.36. The van der Waals surface area contributed by atoms with Crippen molar-refractivity contribution in [2.24, 2.45) is 0 Å². The molecule has 4 heteroatoms. The zero-order chi connectivity index (χ0) is 14.6. The fourth-order valence-corrected chi connectivity index (χ4v) is 3.36. The van der Waals surface area contributed by atoms with E-state index in [0.29, 0.717) is 12.1 Å². The van der Waals surface area contributed by atoms with Crippen LogP contribution in [0, 0.1) is 0 Å². The van der Waals surface area contributed by atoms with Crippen molar-refractivity contribution in [2.45, 2.75) is 76.7 Å². The van der Waals surface area contributed by atoms with Gasteiger partial charge in [-0.3, -0.25) is 0 Å². The molecule has 0 aromatic rings. The summed E-state index contributed by atoms with van der Waals surface area (Å²) in [5.74, 6) is 0. The Morgan fingerprint density at radius 3 is 1.55 bits per heavy atom. The Balaban J connectivity index is 1.59. The normalized spacial score (nSPS) is 33.0. The molecule has 2 rings (SSSR count). The Bertz CT molecular complexity index is 275. The van der Waals surface area contributed by atoms with E-state index in [0.717, 1.165) is 52.0 Å². The number of hydrogen-bond acceptors (Lipinski definition) is 4. The van der Waals surface area contributed by atoms with Crippen molar-refractivity contribution < 1.29 is 9.47 Å². The first-order valence-corrected chi connectivity index (χ1v) is 8.11. The van der Waals surface area contributed by atoms with E-state index in [1.165, 1.54) is 0 Å². The van der Waals surface area contributed by atoms with E-state index < -0.39 is 0 Å². The molecule has 4 nitrogen and oxygen atoms in total. The fraction of sp³-hybridized carbons (Fsp3) is 1.00. The van der Waals surface area contributed by atoms with Crippen LogP contribution < -0.4 is 10.6 Å². The van der Waals surface area contributed by atoms with Crippen molar-refractivity contribution in [2.75, 3.05) is 26.3 Å². The highest BCUT2D eigenvalue weighted by atomic mass is 16.5. The van der Waals surface area contributed by atoms with Crippen molar-refractivity contribution >= 4 is 0 Å². The van der Waals surface area contributed by atoms with Crippen molar-refractivity contribution in [3.05, 3.63) is 0 Å². The zero-order valence-corrected chi connectivity index (χ0v) is 13.6. The molecule has 0 unspecified atom stereocenters. The quantitative estimate of drug-likeness (QED) is 0.759. The van der Waals surface area contributed by atoms with Crippen LogP contribution in [-0.2, 0) is 9.47 Å². The van der Waals surface area contributed by atoms with Gasteiger partial charge in [-0.15, -0.1) is 0 Å². The van der Waals surface area contributed by atoms with Crippen LogP contribution in [0.25, 0.3) is 0 Å². The van der Waals surface area contributed by atoms with Crippen molar-refractivity contribution in [1.29, 1.82) is 0 Å². The lowest BCUT2D eigenvalue weighted by Crippen LogP contribution is -2.48. The molecule has 0 bridgehead atoms. The van der Waals surface area contributed by atoms with E-state index in [1.54, 1.807) is 0 Å². The Hall–Kier alpha value is -0.160. The smallest absolute Gasteiger partial charge is 0.0641 e. The summed E-state index contributed by atoms with van der Waals surface area (Å²) in [5.41, 5.74) is 0.0716. The molecule has 20 heavy (non-hydrogen) atoms. The standard InChI is InChI=1S/C16H32N2O2/c1-15(2)11-13(5-9-19-15)17-7-8-18-14-6-10-20-16(3,4)12-14/h13-14,17-18H,5-12H2,1-4H3/t13-,14-/m0/s1. The number of ether oxygens (including phenoxy) is 2. The summed E-state index contributed by atoms with van der Waals surface area (Å²) in [6, 6.07) is 1.21. The Morgan fingerprint density at radius 1 is 0.800 bits per heavy atom. The third-order valence-corrected chi connectivity index (χ3v) is 4.39. The minimum absolute atomic E-state index is 0.0358. The van der Waals surface area contributed by atoms with Gasteiger partial charge in [-0.2, -0.15) is 0 Å². The van der Waals surface area contributed by atoms with Crippen LogP contribution >= 0.6 is 0 Å². The lowest BCUT2D eigenvalue weighted by molar-refractivity contribution is -0.0648. The first kappa shape index (κ1) is 16.2. The average molecular weight is 284 g/mol. The average Bonchev–Trinajstić information content (AvgIpc) is 2.32. The van der Waals surface area contributed by atoms with E-state index in [2.05, 4.69) is 38.3 Å². The third kappa shape index (κ3) is 5.32. The van der Waals surface area contributed by atoms with E-state index in [9.17, 15) is 0 Å². The molecular weight excluding hydrogens is 252 g/mol. The maximum Gasteiger partial charge on any atom is 0.0641 e. The maximum atomic E-state index is 5.75. The van der Waals surface area contributed by atoms with Gasteiger partial charge < -0.3 is 20.1 Å². The lowest BCUT2D eigenvalue weighted by Gasteiger charge is -2.37. The van der Waals surface area contributed by atoms with Gasteiger partial charge in [0.15, 0.2) is 0 Å². The summed E-state index contributed by atoms with van der Waals surface area (Å²) in [7, 11) is 0. The highest BCUT2D eigenvalue weighted by Gasteiger charge is 2.29. The highest BCUT2D eigenvalue weighted by Crippen LogP contribution is 2.24. The molecule has 2 aliphatic heterocycles. The molecule has 0 amide bonds. The molecule has 0 spiro atoms. The predicted molar refractivity (Wildman–Crippen MR) is 82.1 cm³/mol. The van der Waals surface area contributed by atoms with Gasteiger partial charge in [-0.1, -0.05) is 0 Å². The van der Waals surface area contributed by atoms with Crippen LogP contribution in [0.3, 0.4) is 0 Å². The topological polar surface area (TPSA) is 42.5 Å². The van der Waals surface area contributed by atoms with Gasteiger partial charge in [0.05, 0.1) is 11.2 Å². The SMILES string of the molecule is CC1(C)C[C@@H](NCCN[C@H]2CCOC(C)(C)C2)CCO1. The number of nitrogens with one attached hydrogen (secondary N) is 2. The van der Waals surface area contributed by atoms with Crippen LogP contribution in [0.5, 0.6) is 0 Å². The van der Waals surface area contributed by atoms with Crippen LogP contribution in [-0.4, -0.2) is 49.6 Å². The molecule has 2 fully saturated rings. The first-order valence-electron chi connectivity index (χ1n) is 8.11. The molecular formula is C16H32N2O2. The summed E-state index contributed by atoms with van der Waals surface area (Å²) in [5, 5.41) is 7.33. The summed E-state index contributed by atoms with van der Waals surface area (Å²) in [6.07, 6.45) is 4.48. The fourth-order valence-electron chi connectivity index (χ4n) is 3.36. The van der Waals surface area contributed by atoms with Gasteiger partial charge in [0.2, 0.25) is 0 Å². The molecule has 0 radical (unpaired) electrons. The zero-order valence-electron chi connectivity index (χ0n) is 13.6. The summed E-state index contributed by atoms with van der Waals surface area (Å²) in [6.45, 7) is 12.6. The van der Waals surface area contributed by atoms with Gasteiger partial charge >= 0.3 is 0 Å². The van der Waals surface area contributed by atoms with Crippen molar-refractivity contribution in [3.63, 3.8) is 0 Å². The summed E-state index contributed by atoms with van der Waals surface area (Å²) >= 11 is 0. The van der Waals surface area contributed by atoms with Gasteiger partial charge in [0, 0.05) is 38.4 Å². The second-order valence-corrected chi connectivity index (χ2v) is 7.50. The number of rotatable bonds is 5. The van der Waals surface area contributed by atoms with Gasteiger partial charge in [-0.25, -0.2) is 0 Å². The number of hydrogen-bond donors (Lipinski definition) is 2. The summed E-state index contributed by atoms with van der Waals surface area (Å²) < 4.78 is 11.5. The monoisotopic (exact) mass is 284 g/mol. The van der Waals surface area contributed by atoms with E-state index in [-0.39, 0.29) is 11.2 Å². The van der Waals surface area contributed by atoms with Crippen molar-refractivity contribution in [1.82, 2.24) is 10.6 Å². The van der Waals surface area contributed by atoms with Crippen LogP contribution in [0.15, 0.2) is 0 Å². The van der Waals surface area contributed by atoms with Gasteiger partial charge in [0.1, 0.15) is 0 Å². The molecule has 2 saturated heterocycles. The molecule has 0 aliphatic carbocycles. The van der Waals surface area contributed by atoms with Crippen LogP contribution in [0.4, 0.5) is 0 Å². The Labute approximate surface area is 124 Å². The molecule has 2 heterocycles. The molecule has 2 atom stereocenters. The van der Waals surface area contributed by atoms with Crippen LogP contribution in [0.2, 0.25) is 0 Å². The van der Waals surface area contributed by atoms with E-state index in [1.807, 2.05) is 0 Å². The van der Waals surface area contributed by atoms with Gasteiger partial charge in [-0.05, 0) is 53.4 Å². The Morgan fingerprint density at radius 2 is 1.20 bits per heavy atom. The highest BCUT2D eigenvalue weighted by molar-refractivity contribution is 4.85. The predicted octanol–water partition coefficient (Wildman–Crippen LogP) is 2.08. The third-order valence-electron chi connectivity index (χ3n) is 4.39. The molecule has 0 aromatic heterocycles. The second-order valence-electron chi connectivity index (χ2n) is 7.50. The lowest BCUT2D eigenvalue weighted by atomic mass is 9.93. The molecule has 0 saturated carbocycles. The van der Waals surface area contributed by atoms with Gasteiger partial charge in [0.25, 0.3) is 0 Å². The second kappa shape index (κ2) is 6.73. The van der Waals surface area contributed by atoms with E-state index in [4.69, 9.17) is 9.47 Å². The molecule has 0 aromatic carbocycles. The molecule has 2 aliphatic rings. The minimum atomic E-state index is 0.0358. The maximum absolute atomic E-state index is 5.75. The van der Waals surface area contributed by atoms with Crippen LogP contribution in [0.1, 0.15) is 53.4 Å². The molecule has 2 N–H and O–H groups in total. The largest absolute Gasteiger partial charge is 0.375 e. The molecule has 118 valence electrons.